The van der Waals surface area contributed by atoms with E-state index in [2.05, 4.69) is 10.3 Å². The largest absolute Gasteiger partial charge is 0.505 e. The Morgan fingerprint density at radius 1 is 1.00 bits per heavy atom. The molecule has 128 valence electrons. The minimum absolute atomic E-state index is 0.153. The summed E-state index contributed by atoms with van der Waals surface area (Å²) < 4.78 is 0. The van der Waals surface area contributed by atoms with Crippen LogP contribution in [0.1, 0.15) is 27.2 Å². The third-order valence-corrected chi connectivity index (χ3v) is 4.10. The summed E-state index contributed by atoms with van der Waals surface area (Å²) in [5.74, 6) is -1.15. The Morgan fingerprint density at radius 2 is 1.68 bits per heavy atom. The van der Waals surface area contributed by atoms with Crippen LogP contribution in [-0.4, -0.2) is 21.1 Å². The first-order valence-corrected chi connectivity index (χ1v) is 8.11. The van der Waals surface area contributed by atoms with Crippen LogP contribution >= 0.6 is 11.6 Å². The summed E-state index contributed by atoms with van der Waals surface area (Å²) in [6.45, 7) is 0.302. The number of rotatable bonds is 5. The van der Waals surface area contributed by atoms with Gasteiger partial charge in [-0.15, -0.1) is 0 Å². The number of halogens is 1. The number of hydrogen-bond donors (Lipinski definition) is 4. The molecule has 3 rings (SSSR count). The normalized spacial score (nSPS) is 10.6. The fourth-order valence-electron chi connectivity index (χ4n) is 2.54. The Hall–Kier alpha value is -2.92. The summed E-state index contributed by atoms with van der Waals surface area (Å²) in [6, 6.07) is 16.5. The molecule has 0 aliphatic carbocycles. The lowest BCUT2D eigenvalue weighted by Gasteiger charge is -2.05. The number of aromatic hydroxyl groups is 2. The highest BCUT2D eigenvalue weighted by Gasteiger charge is 2.22. The summed E-state index contributed by atoms with van der Waals surface area (Å²) >= 11 is 5.85. The topological polar surface area (TPSA) is 85.4 Å². The molecular weight excluding hydrogens is 340 g/mol. The molecule has 6 heteroatoms. The maximum atomic E-state index is 12.3. The van der Waals surface area contributed by atoms with Crippen LogP contribution in [0.5, 0.6) is 11.6 Å². The van der Waals surface area contributed by atoms with Crippen LogP contribution in [0.3, 0.4) is 0 Å². The smallest absolute Gasteiger partial charge is 0.260 e. The van der Waals surface area contributed by atoms with E-state index in [-0.39, 0.29) is 17.2 Å². The molecule has 1 heterocycles. The third-order valence-electron chi connectivity index (χ3n) is 3.85. The van der Waals surface area contributed by atoms with Crippen molar-refractivity contribution in [2.45, 2.75) is 13.0 Å². The first-order valence-electron chi connectivity index (χ1n) is 7.74. The molecule has 25 heavy (non-hydrogen) atoms. The van der Waals surface area contributed by atoms with Crippen molar-refractivity contribution in [1.82, 2.24) is 10.3 Å². The predicted octanol–water partition coefficient (Wildman–Crippen LogP) is 3.60. The van der Waals surface area contributed by atoms with E-state index in [4.69, 9.17) is 11.6 Å². The van der Waals surface area contributed by atoms with Gasteiger partial charge >= 0.3 is 0 Å². The molecule has 1 aromatic heterocycles. The lowest BCUT2D eigenvalue weighted by Crippen LogP contribution is -2.22. The number of carbonyl (C=O) groups is 1. The Kier molecular flexibility index (Phi) is 4.95. The van der Waals surface area contributed by atoms with Crippen LogP contribution in [0, 0.1) is 0 Å². The van der Waals surface area contributed by atoms with E-state index in [1.54, 1.807) is 12.1 Å². The lowest BCUT2D eigenvalue weighted by atomic mass is 10.1. The molecule has 0 radical (unpaired) electrons. The summed E-state index contributed by atoms with van der Waals surface area (Å²) in [7, 11) is 0. The number of aromatic nitrogens is 1. The summed E-state index contributed by atoms with van der Waals surface area (Å²) in [6.07, 6.45) is 0.336. The molecule has 4 N–H and O–H groups in total. The average Bonchev–Trinajstić information content (AvgIpc) is 2.89. The molecule has 0 unspecified atom stereocenters. The first kappa shape index (κ1) is 16.9. The number of amides is 1. The minimum atomic E-state index is -0.544. The second kappa shape index (κ2) is 7.32. The van der Waals surface area contributed by atoms with Gasteiger partial charge in [-0.3, -0.25) is 4.79 Å². The molecule has 5 nitrogen and oxygen atoms in total. The van der Waals surface area contributed by atoms with Gasteiger partial charge in [0, 0.05) is 18.0 Å². The molecule has 1 amide bonds. The van der Waals surface area contributed by atoms with Gasteiger partial charge in [0.1, 0.15) is 5.56 Å². The van der Waals surface area contributed by atoms with Crippen LogP contribution in [0.4, 0.5) is 0 Å². The van der Waals surface area contributed by atoms with E-state index in [9.17, 15) is 15.0 Å². The molecule has 0 aliphatic heterocycles. The molecule has 0 spiro atoms. The summed E-state index contributed by atoms with van der Waals surface area (Å²) in [5.41, 5.74) is 2.02. The van der Waals surface area contributed by atoms with Crippen molar-refractivity contribution in [1.29, 1.82) is 0 Å². The van der Waals surface area contributed by atoms with Crippen molar-refractivity contribution in [3.8, 4) is 11.6 Å². The van der Waals surface area contributed by atoms with Gasteiger partial charge < -0.3 is 20.5 Å². The SMILES string of the molecule is O=C(NCc1ccccc1)c1c(O)[nH]c(Cc2ccc(Cl)cc2)c1O. The second-order valence-corrected chi connectivity index (χ2v) is 6.08. The van der Waals surface area contributed by atoms with Gasteiger partial charge in [0.25, 0.3) is 5.91 Å². The quantitative estimate of drug-likeness (QED) is 0.563. The number of carbonyl (C=O) groups excluding carboxylic acids is 1. The highest BCUT2D eigenvalue weighted by molar-refractivity contribution is 6.30. The molecule has 2 aromatic carbocycles. The Labute approximate surface area is 149 Å². The van der Waals surface area contributed by atoms with Crippen molar-refractivity contribution in [2.24, 2.45) is 0 Å². The zero-order valence-corrected chi connectivity index (χ0v) is 14.0. The molecule has 0 fully saturated rings. The maximum absolute atomic E-state index is 12.3. The number of H-pyrrole nitrogens is 1. The lowest BCUT2D eigenvalue weighted by molar-refractivity contribution is 0.0945. The predicted molar refractivity (Wildman–Crippen MR) is 96.0 cm³/mol. The van der Waals surface area contributed by atoms with Gasteiger partial charge in [0.05, 0.1) is 5.69 Å². The number of benzene rings is 2. The third kappa shape index (κ3) is 3.95. The zero-order chi connectivity index (χ0) is 17.8. The van der Waals surface area contributed by atoms with Crippen LogP contribution in [0.25, 0.3) is 0 Å². The Bertz CT molecular complexity index is 874. The Balaban J connectivity index is 1.74. The first-order chi connectivity index (χ1) is 12.0. The van der Waals surface area contributed by atoms with Gasteiger partial charge in [-0.05, 0) is 23.3 Å². The van der Waals surface area contributed by atoms with Crippen molar-refractivity contribution >= 4 is 17.5 Å². The highest BCUT2D eigenvalue weighted by atomic mass is 35.5. The van der Waals surface area contributed by atoms with Crippen LogP contribution in [0.15, 0.2) is 54.6 Å². The van der Waals surface area contributed by atoms with E-state index in [0.717, 1.165) is 11.1 Å². The van der Waals surface area contributed by atoms with Crippen molar-refractivity contribution in [2.75, 3.05) is 0 Å². The van der Waals surface area contributed by atoms with Crippen LogP contribution < -0.4 is 5.32 Å². The van der Waals surface area contributed by atoms with Crippen LogP contribution in [0.2, 0.25) is 5.02 Å². The Morgan fingerprint density at radius 3 is 2.36 bits per heavy atom. The molecular formula is C19H17ClN2O3. The number of nitrogens with one attached hydrogen (secondary N) is 2. The summed E-state index contributed by atoms with van der Waals surface area (Å²) in [4.78, 5) is 15.0. The second-order valence-electron chi connectivity index (χ2n) is 5.65. The van der Waals surface area contributed by atoms with E-state index in [0.29, 0.717) is 23.7 Å². The fraction of sp³-hybridized carbons (Fsp3) is 0.105. The van der Waals surface area contributed by atoms with E-state index >= 15 is 0 Å². The minimum Gasteiger partial charge on any atom is -0.505 e. The molecule has 0 saturated carbocycles. The maximum Gasteiger partial charge on any atom is 0.260 e. The van der Waals surface area contributed by atoms with E-state index < -0.39 is 5.91 Å². The van der Waals surface area contributed by atoms with Crippen molar-refractivity contribution in [3.63, 3.8) is 0 Å². The van der Waals surface area contributed by atoms with Crippen molar-refractivity contribution in [3.05, 3.63) is 82.0 Å². The average molecular weight is 357 g/mol. The molecule has 0 aliphatic rings. The van der Waals surface area contributed by atoms with Gasteiger partial charge in [-0.1, -0.05) is 54.1 Å². The van der Waals surface area contributed by atoms with Gasteiger partial charge in [0.2, 0.25) is 5.88 Å². The van der Waals surface area contributed by atoms with Crippen molar-refractivity contribution < 1.29 is 15.0 Å². The van der Waals surface area contributed by atoms with Gasteiger partial charge in [-0.25, -0.2) is 0 Å². The van der Waals surface area contributed by atoms with Gasteiger partial charge in [0.15, 0.2) is 5.75 Å². The summed E-state index contributed by atoms with van der Waals surface area (Å²) in [5, 5.41) is 23.6. The van der Waals surface area contributed by atoms with Crippen LogP contribution in [-0.2, 0) is 13.0 Å². The van der Waals surface area contributed by atoms with E-state index in [1.165, 1.54) is 0 Å². The molecule has 3 aromatic rings. The molecule has 0 atom stereocenters. The molecule has 0 bridgehead atoms. The molecule has 0 saturated heterocycles. The standard InChI is InChI=1S/C19H17ClN2O3/c20-14-8-6-12(7-9-14)10-15-17(23)16(19(25)22-15)18(24)21-11-13-4-2-1-3-5-13/h1-9,22-23,25H,10-11H2,(H,21,24). The fourth-order valence-corrected chi connectivity index (χ4v) is 2.67. The van der Waals surface area contributed by atoms with E-state index in [1.807, 2.05) is 42.5 Å². The monoisotopic (exact) mass is 356 g/mol. The number of aromatic amines is 1. The highest BCUT2D eigenvalue weighted by Crippen LogP contribution is 2.32. The number of hydrogen-bond acceptors (Lipinski definition) is 3. The zero-order valence-electron chi connectivity index (χ0n) is 13.3. The van der Waals surface area contributed by atoms with Gasteiger partial charge in [-0.2, -0.15) is 0 Å².